The zero-order valence-corrected chi connectivity index (χ0v) is 22.5. The van der Waals surface area contributed by atoms with E-state index in [4.69, 9.17) is 14.2 Å². The van der Waals surface area contributed by atoms with E-state index >= 15 is 0 Å². The molecule has 3 nitrogen and oxygen atoms in total. The van der Waals surface area contributed by atoms with Crippen molar-refractivity contribution in [2.24, 2.45) is 0 Å². The number of ether oxygens (including phenoxy) is 3. The van der Waals surface area contributed by atoms with E-state index in [9.17, 15) is 0 Å². The number of fused-ring (bicyclic) bond motifs is 1. The summed E-state index contributed by atoms with van der Waals surface area (Å²) < 4.78 is 17.7. The molecule has 0 aliphatic carbocycles. The monoisotopic (exact) mass is 502 g/mol. The van der Waals surface area contributed by atoms with Crippen LogP contribution in [0.15, 0.2) is 78.9 Å². The molecule has 0 amide bonds. The molecule has 0 aliphatic rings. The Hall–Kier alpha value is -4.34. The van der Waals surface area contributed by atoms with Crippen molar-refractivity contribution in [2.45, 2.75) is 39.5 Å². The molecule has 192 valence electrons. The van der Waals surface area contributed by atoms with Gasteiger partial charge in [0.1, 0.15) is 17.2 Å². The van der Waals surface area contributed by atoms with Gasteiger partial charge in [-0.1, -0.05) is 80.7 Å². The van der Waals surface area contributed by atoms with E-state index in [0.29, 0.717) is 13.2 Å². The van der Waals surface area contributed by atoms with E-state index in [1.807, 2.05) is 60.7 Å². The van der Waals surface area contributed by atoms with Gasteiger partial charge in [-0.3, -0.25) is 0 Å². The van der Waals surface area contributed by atoms with Crippen molar-refractivity contribution < 1.29 is 14.2 Å². The van der Waals surface area contributed by atoms with E-state index in [-0.39, 0.29) is 0 Å². The van der Waals surface area contributed by atoms with Crippen molar-refractivity contribution in [2.75, 3.05) is 20.3 Å². The minimum absolute atomic E-state index is 0.630. The van der Waals surface area contributed by atoms with Gasteiger partial charge >= 0.3 is 0 Å². The smallest absolute Gasteiger partial charge is 0.136 e. The molecule has 0 radical (unpaired) electrons. The van der Waals surface area contributed by atoms with E-state index in [0.717, 1.165) is 76.0 Å². The Kier molecular flexibility index (Phi) is 9.72. The minimum atomic E-state index is 0.630. The van der Waals surface area contributed by atoms with Gasteiger partial charge in [0.2, 0.25) is 0 Å². The highest BCUT2D eigenvalue weighted by Gasteiger charge is 2.11. The maximum Gasteiger partial charge on any atom is 0.136 e. The van der Waals surface area contributed by atoms with Crippen molar-refractivity contribution in [1.29, 1.82) is 0 Å². The molecule has 38 heavy (non-hydrogen) atoms. The summed E-state index contributed by atoms with van der Waals surface area (Å²) in [6, 6.07) is 26.2. The fourth-order valence-corrected chi connectivity index (χ4v) is 3.88. The summed E-state index contributed by atoms with van der Waals surface area (Å²) in [4.78, 5) is 0. The Labute approximate surface area is 226 Å². The van der Waals surface area contributed by atoms with Crippen molar-refractivity contribution >= 4 is 10.8 Å². The fraction of sp³-hybridized carbons (Fsp3) is 0.257. The third-order valence-electron chi connectivity index (χ3n) is 6.10. The lowest BCUT2D eigenvalue weighted by molar-refractivity contribution is 0.299. The van der Waals surface area contributed by atoms with Gasteiger partial charge in [0.05, 0.1) is 31.5 Å². The number of methoxy groups -OCH3 is 1. The van der Waals surface area contributed by atoms with E-state index < -0.39 is 0 Å². The number of hydrogen-bond donors (Lipinski definition) is 0. The molecule has 4 aromatic carbocycles. The van der Waals surface area contributed by atoms with Crippen molar-refractivity contribution in [3.63, 3.8) is 0 Å². The molecule has 3 heteroatoms. The molecule has 0 saturated carbocycles. The summed E-state index contributed by atoms with van der Waals surface area (Å²) in [5, 5.41) is 2.23. The summed E-state index contributed by atoms with van der Waals surface area (Å²) in [5.41, 5.74) is 3.50. The Bertz CT molecular complexity index is 1480. The largest absolute Gasteiger partial charge is 0.497 e. The Morgan fingerprint density at radius 2 is 1.16 bits per heavy atom. The first-order valence-electron chi connectivity index (χ1n) is 13.3. The van der Waals surface area contributed by atoms with Crippen LogP contribution in [0.4, 0.5) is 0 Å². The van der Waals surface area contributed by atoms with Gasteiger partial charge in [-0.25, -0.2) is 0 Å². The summed E-state index contributed by atoms with van der Waals surface area (Å²) >= 11 is 0. The molecular formula is C35H34O3. The van der Waals surface area contributed by atoms with Crippen LogP contribution < -0.4 is 14.2 Å². The topological polar surface area (TPSA) is 27.7 Å². The van der Waals surface area contributed by atoms with Gasteiger partial charge < -0.3 is 14.2 Å². The second kappa shape index (κ2) is 13.8. The molecule has 0 saturated heterocycles. The predicted octanol–water partition coefficient (Wildman–Crippen LogP) is 8.01. The summed E-state index contributed by atoms with van der Waals surface area (Å²) in [6.07, 6.45) is 4.06. The van der Waals surface area contributed by atoms with Gasteiger partial charge in [-0.2, -0.15) is 0 Å². The molecule has 4 rings (SSSR count). The van der Waals surface area contributed by atoms with Gasteiger partial charge in [0.25, 0.3) is 0 Å². The minimum Gasteiger partial charge on any atom is -0.497 e. The zero-order valence-electron chi connectivity index (χ0n) is 22.5. The Balaban J connectivity index is 1.72. The quantitative estimate of drug-likeness (QED) is 0.171. The van der Waals surface area contributed by atoms with Gasteiger partial charge in [0, 0.05) is 23.3 Å². The number of rotatable bonds is 9. The molecule has 0 heterocycles. The lowest BCUT2D eigenvalue weighted by Crippen LogP contribution is -2.03. The highest BCUT2D eigenvalue weighted by atomic mass is 16.5. The molecule has 0 N–H and O–H groups in total. The highest BCUT2D eigenvalue weighted by Crippen LogP contribution is 2.29. The van der Waals surface area contributed by atoms with Crippen LogP contribution in [0.2, 0.25) is 0 Å². The summed E-state index contributed by atoms with van der Waals surface area (Å²) in [7, 11) is 1.68. The van der Waals surface area contributed by atoms with Gasteiger partial charge in [-0.15, -0.1) is 0 Å². The highest BCUT2D eigenvalue weighted by molar-refractivity contribution is 5.85. The molecule has 0 bridgehead atoms. The van der Waals surface area contributed by atoms with Crippen molar-refractivity contribution in [3.05, 3.63) is 101 Å². The van der Waals surface area contributed by atoms with Crippen LogP contribution in [0.3, 0.4) is 0 Å². The fourth-order valence-electron chi connectivity index (χ4n) is 3.88. The van der Waals surface area contributed by atoms with Crippen LogP contribution in [-0.4, -0.2) is 20.3 Å². The Morgan fingerprint density at radius 3 is 1.76 bits per heavy atom. The average Bonchev–Trinajstić information content (AvgIpc) is 2.96. The molecular weight excluding hydrogens is 468 g/mol. The lowest BCUT2D eigenvalue weighted by atomic mass is 10.1. The molecule has 0 atom stereocenters. The molecule has 0 aliphatic heterocycles. The van der Waals surface area contributed by atoms with Crippen LogP contribution in [0.1, 0.15) is 61.8 Å². The molecule has 0 unspecified atom stereocenters. The standard InChI is InChI=1S/C35H34O3/c1-4-6-21-37-34-26-32(18-15-28-14-16-30-24-33(36-3)20-19-29(30)23-28)35(38-22-7-5-2)25-31(34)17-13-27-11-9-8-10-12-27/h8-12,14,16,19-20,23-26H,4-7,21-22H2,1-3H3. The average molecular weight is 503 g/mol. The molecule has 4 aromatic rings. The lowest BCUT2D eigenvalue weighted by Gasteiger charge is -2.13. The van der Waals surface area contributed by atoms with Crippen LogP contribution >= 0.6 is 0 Å². The third-order valence-corrected chi connectivity index (χ3v) is 6.10. The number of unbranched alkanes of at least 4 members (excludes halogenated alkanes) is 2. The first-order valence-corrected chi connectivity index (χ1v) is 13.3. The van der Waals surface area contributed by atoms with E-state index in [1.54, 1.807) is 7.11 Å². The van der Waals surface area contributed by atoms with Gasteiger partial charge in [0.15, 0.2) is 0 Å². The van der Waals surface area contributed by atoms with Crippen LogP contribution in [0.5, 0.6) is 17.2 Å². The molecule has 0 spiro atoms. The molecule has 0 aromatic heterocycles. The van der Waals surface area contributed by atoms with E-state index in [1.165, 1.54) is 0 Å². The van der Waals surface area contributed by atoms with Crippen molar-refractivity contribution in [1.82, 2.24) is 0 Å². The first-order chi connectivity index (χ1) is 18.7. The number of hydrogen-bond acceptors (Lipinski definition) is 3. The van der Waals surface area contributed by atoms with Crippen LogP contribution in [-0.2, 0) is 0 Å². The second-order valence-electron chi connectivity index (χ2n) is 9.04. The van der Waals surface area contributed by atoms with Crippen molar-refractivity contribution in [3.8, 4) is 40.9 Å². The SMILES string of the molecule is CCCCOc1cc(C#Cc2ccc3cc(OC)ccc3c2)c(OCCCC)cc1C#Cc1ccccc1. The maximum absolute atomic E-state index is 6.20. The maximum atomic E-state index is 6.20. The van der Waals surface area contributed by atoms with E-state index in [2.05, 4.69) is 55.7 Å². The van der Waals surface area contributed by atoms with Crippen LogP contribution in [0, 0.1) is 23.7 Å². The van der Waals surface area contributed by atoms with Gasteiger partial charge in [-0.05, 0) is 60.0 Å². The zero-order chi connectivity index (χ0) is 26.6. The Morgan fingerprint density at radius 1 is 0.579 bits per heavy atom. The second-order valence-corrected chi connectivity index (χ2v) is 9.04. The number of benzene rings is 4. The predicted molar refractivity (Wildman–Crippen MR) is 156 cm³/mol. The first kappa shape index (κ1) is 26.7. The summed E-state index contributed by atoms with van der Waals surface area (Å²) in [6.45, 7) is 5.57. The summed E-state index contributed by atoms with van der Waals surface area (Å²) in [5.74, 6) is 15.6. The third kappa shape index (κ3) is 7.34. The molecule has 0 fully saturated rings. The van der Waals surface area contributed by atoms with Crippen LogP contribution in [0.25, 0.3) is 10.8 Å². The normalized spacial score (nSPS) is 10.2.